The number of nitrogens with one attached hydrogen (secondary N) is 3. The van der Waals surface area contributed by atoms with E-state index in [2.05, 4.69) is 30.7 Å². The Morgan fingerprint density at radius 1 is 0.958 bits per heavy atom. The van der Waals surface area contributed by atoms with E-state index in [1.54, 1.807) is 25.8 Å². The van der Waals surface area contributed by atoms with Crippen molar-refractivity contribution in [2.45, 2.75) is 25.3 Å². The highest BCUT2D eigenvalue weighted by atomic mass is 19.4. The number of benzene rings is 2. The van der Waals surface area contributed by atoms with E-state index in [9.17, 15) is 39.9 Å². The third kappa shape index (κ3) is 8.91. The molecule has 2 aromatic carbocycles. The molecule has 0 aliphatic heterocycles. The number of aliphatic carboxylic acids is 1. The molecule has 0 aliphatic rings. The van der Waals surface area contributed by atoms with Gasteiger partial charge in [0.2, 0.25) is 5.95 Å². The van der Waals surface area contributed by atoms with Gasteiger partial charge in [0.05, 0.1) is 28.7 Å². The van der Waals surface area contributed by atoms with Crippen LogP contribution >= 0.6 is 0 Å². The third-order valence-electron chi connectivity index (χ3n) is 6.29. The van der Waals surface area contributed by atoms with Crippen LogP contribution in [0.25, 0.3) is 22.3 Å². The maximum absolute atomic E-state index is 14.9. The van der Waals surface area contributed by atoms with Gasteiger partial charge in [-0.05, 0) is 36.8 Å². The van der Waals surface area contributed by atoms with Crippen molar-refractivity contribution in [2.75, 3.05) is 22.5 Å². The van der Waals surface area contributed by atoms with E-state index in [1.807, 2.05) is 16.1 Å². The van der Waals surface area contributed by atoms with Gasteiger partial charge in [0.15, 0.2) is 5.65 Å². The first-order chi connectivity index (χ1) is 22.5. The van der Waals surface area contributed by atoms with Crippen molar-refractivity contribution in [3.05, 3.63) is 78.5 Å². The van der Waals surface area contributed by atoms with E-state index < -0.39 is 47.2 Å². The number of carboxylic acid groups (broad SMARTS) is 1. The van der Waals surface area contributed by atoms with Crippen LogP contribution in [0.5, 0.6) is 0 Å². The molecule has 0 radical (unpaired) electrons. The van der Waals surface area contributed by atoms with Crippen LogP contribution in [0.4, 0.5) is 57.2 Å². The molecule has 0 spiro atoms. The van der Waals surface area contributed by atoms with Crippen molar-refractivity contribution < 1.29 is 49.8 Å². The maximum Gasteiger partial charge on any atom is 0.490 e. The van der Waals surface area contributed by atoms with Crippen LogP contribution in [0.1, 0.15) is 12.0 Å². The molecule has 3 heterocycles. The van der Waals surface area contributed by atoms with Crippen LogP contribution in [0.3, 0.4) is 0 Å². The summed E-state index contributed by atoms with van der Waals surface area (Å²) >= 11 is 0. The Labute approximate surface area is 264 Å². The number of imidazole rings is 1. The Hall–Kier alpha value is -5.82. The molecule has 254 valence electrons. The number of urea groups is 1. The molecule has 20 heteroatoms. The number of carbonyl (C=O) groups is 2. The van der Waals surface area contributed by atoms with Crippen molar-refractivity contribution in [1.29, 1.82) is 0 Å². The third-order valence-corrected chi connectivity index (χ3v) is 6.29. The number of amides is 2. The maximum atomic E-state index is 14.9. The minimum Gasteiger partial charge on any atom is -0.475 e. The Kier molecular flexibility index (Phi) is 10.4. The zero-order valence-corrected chi connectivity index (χ0v) is 24.4. The molecule has 0 fully saturated rings. The molecule has 4 N–H and O–H groups in total. The van der Waals surface area contributed by atoms with Crippen molar-refractivity contribution in [1.82, 2.24) is 29.3 Å². The SMILES string of the molecule is Cn1nc(-c2ccc(NC(=O)Nc3cc(C(F)(F)F)ccc3F)c(F)c2)c2cnc(NCCCn3ccnc3)nc21.O=C(O)C(F)(F)F. The number of halogens is 8. The predicted octanol–water partition coefficient (Wildman–Crippen LogP) is 6.30. The summed E-state index contributed by atoms with van der Waals surface area (Å²) in [5.41, 5.74) is -0.858. The molecule has 0 bridgehead atoms. The number of hydrogen-bond acceptors (Lipinski definition) is 7. The van der Waals surface area contributed by atoms with Crippen LogP contribution < -0.4 is 16.0 Å². The number of hydrogen-bond donors (Lipinski definition) is 4. The molecule has 12 nitrogen and oxygen atoms in total. The van der Waals surface area contributed by atoms with E-state index in [0.717, 1.165) is 19.0 Å². The summed E-state index contributed by atoms with van der Waals surface area (Å²) in [6, 6.07) is 4.33. The minimum atomic E-state index is -5.08. The second-order valence-corrected chi connectivity index (χ2v) is 9.75. The lowest BCUT2D eigenvalue weighted by Crippen LogP contribution is -2.21. The topological polar surface area (TPSA) is 152 Å². The van der Waals surface area contributed by atoms with Gasteiger partial charge in [0.1, 0.15) is 17.3 Å². The smallest absolute Gasteiger partial charge is 0.475 e. The first-order valence-electron chi connectivity index (χ1n) is 13.5. The van der Waals surface area contributed by atoms with E-state index in [0.29, 0.717) is 53.0 Å². The van der Waals surface area contributed by atoms with Gasteiger partial charge in [-0.25, -0.2) is 33.0 Å². The second kappa shape index (κ2) is 14.3. The molecule has 0 aliphatic carbocycles. The Balaban J connectivity index is 0.000000671. The summed E-state index contributed by atoms with van der Waals surface area (Å²) in [5.74, 6) is -4.28. The van der Waals surface area contributed by atoms with Gasteiger partial charge < -0.3 is 25.6 Å². The number of rotatable bonds is 8. The van der Waals surface area contributed by atoms with Crippen LogP contribution in [0, 0.1) is 11.6 Å². The first-order valence-corrected chi connectivity index (χ1v) is 13.5. The predicted molar refractivity (Wildman–Crippen MR) is 155 cm³/mol. The van der Waals surface area contributed by atoms with Crippen molar-refractivity contribution >= 4 is 40.4 Å². The standard InChI is InChI=1S/C26H22F5N9O.C2HF3O2/c1-39-23-17(13-34-24(37-23)33-7-2-9-40-10-8-32-14-40)22(38-39)15-3-6-20(19(28)11-15)35-25(41)36-21-12-16(26(29,30)31)4-5-18(21)27;3-2(4,5)1(6)7/h3-6,8,10-14H,2,7,9H2,1H3,(H,33,34,37)(H2,35,36,41);(H,6,7). The molecule has 5 aromatic rings. The van der Waals surface area contributed by atoms with Gasteiger partial charge in [0, 0.05) is 44.3 Å². The molecule has 0 saturated carbocycles. The Bertz CT molecular complexity index is 1910. The van der Waals surface area contributed by atoms with Crippen molar-refractivity contribution in [3.63, 3.8) is 0 Å². The number of carbonyl (C=O) groups excluding carboxylic acids is 1. The van der Waals surface area contributed by atoms with Gasteiger partial charge in [-0.15, -0.1) is 0 Å². The van der Waals surface area contributed by atoms with Gasteiger partial charge in [0.25, 0.3) is 0 Å². The molecule has 2 amide bonds. The van der Waals surface area contributed by atoms with Crippen LogP contribution in [-0.4, -0.2) is 59.1 Å². The summed E-state index contributed by atoms with van der Waals surface area (Å²) in [7, 11) is 1.69. The second-order valence-electron chi connectivity index (χ2n) is 9.75. The van der Waals surface area contributed by atoms with Gasteiger partial charge in [-0.3, -0.25) is 0 Å². The molecular formula is C28H23F8N9O3. The number of fused-ring (bicyclic) bond motifs is 1. The van der Waals surface area contributed by atoms with E-state index in [4.69, 9.17) is 9.90 Å². The molecule has 0 atom stereocenters. The minimum absolute atomic E-state index is 0.280. The van der Waals surface area contributed by atoms with E-state index in [1.165, 1.54) is 16.8 Å². The monoisotopic (exact) mass is 685 g/mol. The first kappa shape index (κ1) is 35.0. The molecule has 48 heavy (non-hydrogen) atoms. The number of nitrogens with zero attached hydrogens (tertiary/aromatic N) is 6. The highest BCUT2D eigenvalue weighted by molar-refractivity contribution is 6.00. The largest absolute Gasteiger partial charge is 0.490 e. The number of aryl methyl sites for hydroxylation is 2. The normalized spacial score (nSPS) is 11.5. The van der Waals surface area contributed by atoms with Gasteiger partial charge in [-0.1, -0.05) is 6.07 Å². The molecule has 0 unspecified atom stereocenters. The van der Waals surface area contributed by atoms with Crippen LogP contribution in [-0.2, 0) is 24.6 Å². The fourth-order valence-electron chi connectivity index (χ4n) is 4.05. The summed E-state index contributed by atoms with van der Waals surface area (Å²) in [5, 5.41) is 19.4. The lowest BCUT2D eigenvalue weighted by Gasteiger charge is -2.12. The van der Waals surface area contributed by atoms with Crippen LogP contribution in [0.2, 0.25) is 0 Å². The highest BCUT2D eigenvalue weighted by Crippen LogP contribution is 2.32. The zero-order valence-electron chi connectivity index (χ0n) is 24.4. The van der Waals surface area contributed by atoms with Gasteiger partial charge >= 0.3 is 24.4 Å². The lowest BCUT2D eigenvalue weighted by atomic mass is 10.1. The quantitative estimate of drug-likeness (QED) is 0.110. The Morgan fingerprint density at radius 2 is 1.67 bits per heavy atom. The van der Waals surface area contributed by atoms with E-state index in [-0.39, 0.29) is 5.69 Å². The molecule has 3 aromatic heterocycles. The summed E-state index contributed by atoms with van der Waals surface area (Å²) in [6.45, 7) is 1.41. The number of aromatic nitrogens is 6. The number of anilines is 3. The van der Waals surface area contributed by atoms with E-state index >= 15 is 0 Å². The number of carboxylic acids is 1. The highest BCUT2D eigenvalue weighted by Gasteiger charge is 2.38. The Morgan fingerprint density at radius 3 is 2.29 bits per heavy atom. The zero-order chi connectivity index (χ0) is 35.2. The summed E-state index contributed by atoms with van der Waals surface area (Å²) in [4.78, 5) is 34.0. The lowest BCUT2D eigenvalue weighted by molar-refractivity contribution is -0.192. The summed E-state index contributed by atoms with van der Waals surface area (Å²) < 4.78 is 103. The van der Waals surface area contributed by atoms with Crippen molar-refractivity contribution in [3.8, 4) is 11.3 Å². The fourth-order valence-corrected chi connectivity index (χ4v) is 4.05. The average Bonchev–Trinajstić information content (AvgIpc) is 3.64. The number of alkyl halides is 6. The molecular weight excluding hydrogens is 662 g/mol. The van der Waals surface area contributed by atoms with Crippen molar-refractivity contribution in [2.24, 2.45) is 7.05 Å². The van der Waals surface area contributed by atoms with Gasteiger partial charge in [-0.2, -0.15) is 36.4 Å². The molecule has 0 saturated heterocycles. The van der Waals surface area contributed by atoms with Crippen LogP contribution in [0.15, 0.2) is 61.3 Å². The summed E-state index contributed by atoms with van der Waals surface area (Å²) in [6.07, 6.45) is -2.10. The molecule has 5 rings (SSSR count). The average molecular weight is 686 g/mol. The fraction of sp³-hybridized carbons (Fsp3) is 0.214.